The standard InChI is InChI=1S/C23H20N4O4S2/c1-32-10-9-17(21(30)27-23-26-18(12-33-23)13-5-3-2-4-6-13)25-20(29)14-7-8-16-15(11-14)19(28)22(31)24-16/h2-8,11-12,17H,9-10H2,1H3,(H,25,29)(H,24,28,31)(H,26,27,30). The topological polar surface area (TPSA) is 117 Å². The molecule has 2 heterocycles. The summed E-state index contributed by atoms with van der Waals surface area (Å²) in [6.45, 7) is 0. The lowest BCUT2D eigenvalue weighted by Gasteiger charge is -2.17. The monoisotopic (exact) mass is 480 g/mol. The van der Waals surface area contributed by atoms with E-state index in [9.17, 15) is 19.2 Å². The van der Waals surface area contributed by atoms with Crippen molar-refractivity contribution in [3.05, 3.63) is 65.0 Å². The molecule has 168 valence electrons. The predicted octanol–water partition coefficient (Wildman–Crippen LogP) is 3.44. The van der Waals surface area contributed by atoms with Gasteiger partial charge >= 0.3 is 0 Å². The number of thioether (sulfide) groups is 1. The molecule has 0 aliphatic carbocycles. The molecule has 2 aromatic carbocycles. The molecule has 1 aliphatic heterocycles. The van der Waals surface area contributed by atoms with Crippen molar-refractivity contribution in [2.45, 2.75) is 12.5 Å². The largest absolute Gasteiger partial charge is 0.340 e. The maximum Gasteiger partial charge on any atom is 0.296 e. The number of Topliss-reactive ketones (excluding diaryl/α,β-unsaturated/α-hetero) is 1. The van der Waals surface area contributed by atoms with Crippen LogP contribution in [-0.4, -0.2) is 46.5 Å². The summed E-state index contributed by atoms with van der Waals surface area (Å²) in [7, 11) is 0. The molecular formula is C23H20N4O4S2. The molecule has 0 fully saturated rings. The highest BCUT2D eigenvalue weighted by atomic mass is 32.2. The van der Waals surface area contributed by atoms with Crippen LogP contribution in [-0.2, 0) is 9.59 Å². The summed E-state index contributed by atoms with van der Waals surface area (Å²) < 4.78 is 0. The van der Waals surface area contributed by atoms with Crippen LogP contribution in [0.5, 0.6) is 0 Å². The normalized spacial score (nSPS) is 13.2. The van der Waals surface area contributed by atoms with Crippen molar-refractivity contribution >= 4 is 57.4 Å². The first kappa shape index (κ1) is 22.7. The van der Waals surface area contributed by atoms with Gasteiger partial charge in [0.2, 0.25) is 5.91 Å². The van der Waals surface area contributed by atoms with Gasteiger partial charge < -0.3 is 16.0 Å². The van der Waals surface area contributed by atoms with Crippen molar-refractivity contribution in [3.8, 4) is 11.3 Å². The first-order valence-electron chi connectivity index (χ1n) is 10.1. The lowest BCUT2D eigenvalue weighted by atomic mass is 10.1. The highest BCUT2D eigenvalue weighted by Crippen LogP contribution is 2.26. The minimum atomic E-state index is -0.794. The molecule has 1 unspecified atom stereocenters. The molecule has 0 bridgehead atoms. The van der Waals surface area contributed by atoms with Gasteiger partial charge in [-0.15, -0.1) is 11.3 Å². The van der Waals surface area contributed by atoms with Crippen molar-refractivity contribution < 1.29 is 19.2 Å². The second kappa shape index (κ2) is 9.97. The van der Waals surface area contributed by atoms with E-state index in [1.807, 2.05) is 42.0 Å². The van der Waals surface area contributed by atoms with Crippen LogP contribution in [0, 0.1) is 0 Å². The molecule has 0 radical (unpaired) electrons. The number of benzene rings is 2. The lowest BCUT2D eigenvalue weighted by molar-refractivity contribution is -0.118. The molecule has 10 heteroatoms. The zero-order valence-corrected chi connectivity index (χ0v) is 19.2. The third-order valence-electron chi connectivity index (χ3n) is 5.02. The summed E-state index contributed by atoms with van der Waals surface area (Å²) in [6.07, 6.45) is 2.33. The van der Waals surface area contributed by atoms with Crippen molar-refractivity contribution in [3.63, 3.8) is 0 Å². The van der Waals surface area contributed by atoms with Crippen molar-refractivity contribution in [1.29, 1.82) is 0 Å². The molecule has 3 N–H and O–H groups in total. The average molecular weight is 481 g/mol. The minimum Gasteiger partial charge on any atom is -0.340 e. The van der Waals surface area contributed by atoms with Crippen LogP contribution in [0.25, 0.3) is 11.3 Å². The number of rotatable bonds is 8. The number of aromatic nitrogens is 1. The van der Waals surface area contributed by atoms with E-state index >= 15 is 0 Å². The fourth-order valence-electron chi connectivity index (χ4n) is 3.29. The third-order valence-corrected chi connectivity index (χ3v) is 6.42. The summed E-state index contributed by atoms with van der Waals surface area (Å²) >= 11 is 2.87. The fourth-order valence-corrected chi connectivity index (χ4v) is 4.49. The maximum atomic E-state index is 12.9. The molecule has 8 nitrogen and oxygen atoms in total. The number of ketones is 1. The van der Waals surface area contributed by atoms with Gasteiger partial charge in [0.05, 0.1) is 16.9 Å². The Labute approximate surface area is 198 Å². The van der Waals surface area contributed by atoms with E-state index < -0.39 is 23.6 Å². The van der Waals surface area contributed by atoms with Gasteiger partial charge in [-0.2, -0.15) is 11.8 Å². The van der Waals surface area contributed by atoms with Crippen molar-refractivity contribution in [2.75, 3.05) is 22.6 Å². The number of nitrogens with one attached hydrogen (secondary N) is 3. The number of hydrogen-bond donors (Lipinski definition) is 3. The number of anilines is 2. The summed E-state index contributed by atoms with van der Waals surface area (Å²) in [5.74, 6) is -1.63. The van der Waals surface area contributed by atoms with E-state index in [0.29, 0.717) is 23.0 Å². The summed E-state index contributed by atoms with van der Waals surface area (Å²) in [5.41, 5.74) is 2.42. The second-order valence-corrected chi connectivity index (χ2v) is 9.09. The maximum absolute atomic E-state index is 12.9. The summed E-state index contributed by atoms with van der Waals surface area (Å²) in [6, 6.07) is 13.2. The summed E-state index contributed by atoms with van der Waals surface area (Å²) in [5, 5.41) is 10.3. The van der Waals surface area contributed by atoms with Gasteiger partial charge in [0.25, 0.3) is 17.6 Å². The second-order valence-electron chi connectivity index (χ2n) is 7.24. The molecule has 3 aromatic rings. The predicted molar refractivity (Wildman–Crippen MR) is 130 cm³/mol. The highest BCUT2D eigenvalue weighted by molar-refractivity contribution is 7.98. The van der Waals surface area contributed by atoms with Gasteiger partial charge in [0.15, 0.2) is 5.13 Å². The smallest absolute Gasteiger partial charge is 0.296 e. The SMILES string of the molecule is CSCCC(NC(=O)c1ccc2c(c1)C(=O)C(=O)N2)C(=O)Nc1nc(-c2ccccc2)cs1. The molecule has 4 rings (SSSR count). The quantitative estimate of drug-likeness (QED) is 0.425. The number of fused-ring (bicyclic) bond motifs is 1. The molecular weight excluding hydrogens is 460 g/mol. The minimum absolute atomic E-state index is 0.147. The first-order chi connectivity index (χ1) is 16.0. The number of carbonyl (C=O) groups excluding carboxylic acids is 4. The van der Waals surface area contributed by atoms with E-state index in [2.05, 4.69) is 20.9 Å². The van der Waals surface area contributed by atoms with E-state index in [4.69, 9.17) is 0 Å². The van der Waals surface area contributed by atoms with Crippen molar-refractivity contribution in [2.24, 2.45) is 0 Å². The van der Waals surface area contributed by atoms with Crippen LogP contribution in [0.2, 0.25) is 0 Å². The number of carbonyl (C=O) groups is 4. The molecule has 33 heavy (non-hydrogen) atoms. The Kier molecular flexibility index (Phi) is 6.85. The molecule has 0 saturated carbocycles. The summed E-state index contributed by atoms with van der Waals surface area (Å²) in [4.78, 5) is 53.7. The number of nitrogens with zero attached hydrogens (tertiary/aromatic N) is 1. The Bertz CT molecular complexity index is 1230. The van der Waals surface area contributed by atoms with Crippen LogP contribution >= 0.6 is 23.1 Å². The first-order valence-corrected chi connectivity index (χ1v) is 12.3. The number of amides is 3. The Morgan fingerprint density at radius 1 is 1.15 bits per heavy atom. The van der Waals surface area contributed by atoms with Crippen LogP contribution < -0.4 is 16.0 Å². The Balaban J connectivity index is 1.46. The van der Waals surface area contributed by atoms with Gasteiger partial charge in [-0.05, 0) is 36.6 Å². The van der Waals surface area contributed by atoms with Gasteiger partial charge in [-0.1, -0.05) is 30.3 Å². The molecule has 1 aliphatic rings. The molecule has 0 saturated heterocycles. The van der Waals surface area contributed by atoms with Gasteiger partial charge in [-0.3, -0.25) is 19.2 Å². The van der Waals surface area contributed by atoms with Gasteiger partial charge in [-0.25, -0.2) is 4.98 Å². The number of hydrogen-bond acceptors (Lipinski definition) is 7. The highest BCUT2D eigenvalue weighted by Gasteiger charge is 2.29. The van der Waals surface area contributed by atoms with E-state index in [1.54, 1.807) is 11.8 Å². The Morgan fingerprint density at radius 2 is 1.94 bits per heavy atom. The lowest BCUT2D eigenvalue weighted by Crippen LogP contribution is -2.44. The number of thiazole rings is 1. The fraction of sp³-hybridized carbons (Fsp3) is 0.174. The van der Waals surface area contributed by atoms with E-state index in [0.717, 1.165) is 11.3 Å². The molecule has 3 amide bonds. The zero-order chi connectivity index (χ0) is 23.4. The van der Waals surface area contributed by atoms with Crippen LogP contribution in [0.1, 0.15) is 27.1 Å². The van der Waals surface area contributed by atoms with Gasteiger partial charge in [0.1, 0.15) is 6.04 Å². The van der Waals surface area contributed by atoms with Crippen LogP contribution in [0.15, 0.2) is 53.9 Å². The Hall–Kier alpha value is -3.50. The molecule has 0 spiro atoms. The Morgan fingerprint density at radius 3 is 2.70 bits per heavy atom. The average Bonchev–Trinajstić information content (AvgIpc) is 3.41. The zero-order valence-electron chi connectivity index (χ0n) is 17.6. The van der Waals surface area contributed by atoms with Gasteiger partial charge in [0, 0.05) is 16.5 Å². The van der Waals surface area contributed by atoms with E-state index in [1.165, 1.54) is 29.5 Å². The van der Waals surface area contributed by atoms with Crippen molar-refractivity contribution in [1.82, 2.24) is 10.3 Å². The molecule has 1 atom stereocenters. The van der Waals surface area contributed by atoms with E-state index in [-0.39, 0.29) is 17.0 Å². The molecule has 1 aromatic heterocycles. The van der Waals surface area contributed by atoms with Crippen LogP contribution in [0.4, 0.5) is 10.8 Å². The third kappa shape index (κ3) is 5.12. The van der Waals surface area contributed by atoms with Crippen LogP contribution in [0.3, 0.4) is 0 Å².